The molecule has 1 aromatic heterocycles. The van der Waals surface area contributed by atoms with Gasteiger partial charge in [-0.05, 0) is 31.5 Å². The molecule has 110 valence electrons. The Balaban J connectivity index is 1.53. The van der Waals surface area contributed by atoms with Crippen LogP contribution in [0, 0.1) is 0 Å². The van der Waals surface area contributed by atoms with E-state index in [-0.39, 0.29) is 0 Å². The number of fused-ring (bicyclic) bond motifs is 1. The average Bonchev–Trinajstić information content (AvgIpc) is 3.16. The third-order valence-corrected chi connectivity index (χ3v) is 5.64. The Morgan fingerprint density at radius 3 is 2.86 bits per heavy atom. The number of benzene rings is 1. The summed E-state index contributed by atoms with van der Waals surface area (Å²) in [6.45, 7) is 4.70. The Labute approximate surface area is 134 Å². The monoisotopic (exact) mass is 319 g/mol. The van der Waals surface area contributed by atoms with Crippen LogP contribution in [0.5, 0.6) is 0 Å². The minimum atomic E-state index is 0.738. The van der Waals surface area contributed by atoms with E-state index < -0.39 is 0 Å². The predicted octanol–water partition coefficient (Wildman–Crippen LogP) is 3.75. The van der Waals surface area contributed by atoms with Crippen LogP contribution >= 0.6 is 22.9 Å². The maximum Gasteiger partial charge on any atom is 0.185 e. The first kappa shape index (κ1) is 13.6. The molecule has 4 rings (SSSR count). The van der Waals surface area contributed by atoms with Crippen molar-refractivity contribution in [3.8, 4) is 11.3 Å². The Morgan fingerprint density at radius 2 is 2.00 bits per heavy atom. The summed E-state index contributed by atoms with van der Waals surface area (Å²) in [5.74, 6) is 0. The first-order chi connectivity index (χ1) is 10.3. The first-order valence-electron chi connectivity index (χ1n) is 7.50. The number of hydrogen-bond acceptors (Lipinski definition) is 4. The summed E-state index contributed by atoms with van der Waals surface area (Å²) in [6, 6.07) is 8.66. The number of halogens is 1. The third kappa shape index (κ3) is 2.68. The molecule has 2 saturated heterocycles. The lowest BCUT2D eigenvalue weighted by Crippen LogP contribution is -2.50. The van der Waals surface area contributed by atoms with Gasteiger partial charge in [0, 0.05) is 41.6 Å². The van der Waals surface area contributed by atoms with Crippen LogP contribution in [0.3, 0.4) is 0 Å². The lowest BCUT2D eigenvalue weighted by Gasteiger charge is -2.37. The zero-order valence-electron chi connectivity index (χ0n) is 11.8. The summed E-state index contributed by atoms with van der Waals surface area (Å²) in [5.41, 5.74) is 2.20. The van der Waals surface area contributed by atoms with Crippen LogP contribution in [-0.4, -0.2) is 42.1 Å². The molecule has 0 N–H and O–H groups in total. The van der Waals surface area contributed by atoms with Crippen LogP contribution in [0.4, 0.5) is 5.13 Å². The van der Waals surface area contributed by atoms with E-state index in [1.165, 1.54) is 25.9 Å². The van der Waals surface area contributed by atoms with Gasteiger partial charge in [-0.2, -0.15) is 0 Å². The Kier molecular flexibility index (Phi) is 3.61. The van der Waals surface area contributed by atoms with Crippen molar-refractivity contribution in [3.63, 3.8) is 0 Å². The zero-order valence-corrected chi connectivity index (χ0v) is 13.4. The molecule has 0 radical (unpaired) electrons. The van der Waals surface area contributed by atoms with Gasteiger partial charge in [-0.15, -0.1) is 11.3 Å². The second-order valence-electron chi connectivity index (χ2n) is 5.80. The van der Waals surface area contributed by atoms with Crippen molar-refractivity contribution < 1.29 is 0 Å². The molecule has 21 heavy (non-hydrogen) atoms. The minimum absolute atomic E-state index is 0.738. The fourth-order valence-electron chi connectivity index (χ4n) is 3.33. The van der Waals surface area contributed by atoms with Gasteiger partial charge in [-0.25, -0.2) is 4.98 Å². The highest BCUT2D eigenvalue weighted by Gasteiger charge is 2.31. The summed E-state index contributed by atoms with van der Waals surface area (Å²) in [6.07, 6.45) is 2.69. The highest BCUT2D eigenvalue weighted by molar-refractivity contribution is 7.14. The molecule has 1 aromatic carbocycles. The average molecular weight is 320 g/mol. The quantitative estimate of drug-likeness (QED) is 0.840. The van der Waals surface area contributed by atoms with Crippen molar-refractivity contribution in [2.75, 3.05) is 31.1 Å². The van der Waals surface area contributed by atoms with Gasteiger partial charge in [0.2, 0.25) is 0 Å². The summed E-state index contributed by atoms with van der Waals surface area (Å²) >= 11 is 7.70. The molecular formula is C16H18ClN3S. The van der Waals surface area contributed by atoms with Gasteiger partial charge in [0.15, 0.2) is 5.13 Å². The molecule has 3 nitrogen and oxygen atoms in total. The van der Waals surface area contributed by atoms with Crippen molar-refractivity contribution in [1.29, 1.82) is 0 Å². The highest BCUT2D eigenvalue weighted by Crippen LogP contribution is 2.31. The van der Waals surface area contributed by atoms with E-state index in [9.17, 15) is 0 Å². The highest BCUT2D eigenvalue weighted by atomic mass is 35.5. The molecule has 1 atom stereocenters. The van der Waals surface area contributed by atoms with E-state index in [0.29, 0.717) is 0 Å². The van der Waals surface area contributed by atoms with Crippen LogP contribution in [0.25, 0.3) is 11.3 Å². The van der Waals surface area contributed by atoms with Crippen LogP contribution in [0.15, 0.2) is 29.6 Å². The fraction of sp³-hybridized carbons (Fsp3) is 0.438. The molecule has 0 bridgehead atoms. The molecule has 2 aliphatic heterocycles. The molecular weight excluding hydrogens is 302 g/mol. The van der Waals surface area contributed by atoms with Gasteiger partial charge in [0.25, 0.3) is 0 Å². The van der Waals surface area contributed by atoms with Crippen LogP contribution in [0.1, 0.15) is 12.8 Å². The van der Waals surface area contributed by atoms with E-state index >= 15 is 0 Å². The smallest absolute Gasteiger partial charge is 0.185 e. The number of nitrogens with zero attached hydrogens (tertiary/aromatic N) is 3. The maximum atomic E-state index is 5.95. The van der Waals surface area contributed by atoms with Gasteiger partial charge >= 0.3 is 0 Å². The minimum Gasteiger partial charge on any atom is -0.345 e. The van der Waals surface area contributed by atoms with Crippen molar-refractivity contribution >= 4 is 28.1 Å². The van der Waals surface area contributed by atoms with Gasteiger partial charge in [-0.3, -0.25) is 4.90 Å². The van der Waals surface area contributed by atoms with Crippen molar-refractivity contribution in [1.82, 2.24) is 9.88 Å². The Morgan fingerprint density at radius 1 is 1.14 bits per heavy atom. The maximum absolute atomic E-state index is 5.95. The summed E-state index contributed by atoms with van der Waals surface area (Å²) < 4.78 is 0. The SMILES string of the molecule is Clc1ccc(-c2csc(N3CCN4CCCC4C3)n2)cc1. The fourth-order valence-corrected chi connectivity index (χ4v) is 4.33. The molecule has 2 aliphatic rings. The number of rotatable bonds is 2. The van der Waals surface area contributed by atoms with Gasteiger partial charge in [0.1, 0.15) is 0 Å². The standard InChI is InChI=1S/C16H18ClN3S/c17-13-5-3-12(4-6-13)15-11-21-16(18-15)20-9-8-19-7-1-2-14(19)10-20/h3-6,11,14H,1-2,7-10H2. The normalized spacial score (nSPS) is 22.5. The molecule has 2 aromatic rings. The second kappa shape index (κ2) is 5.59. The number of anilines is 1. The molecule has 2 fully saturated rings. The second-order valence-corrected chi connectivity index (χ2v) is 7.07. The molecule has 1 unspecified atom stereocenters. The molecule has 0 saturated carbocycles. The largest absolute Gasteiger partial charge is 0.345 e. The molecule has 3 heterocycles. The van der Waals surface area contributed by atoms with E-state index in [1.54, 1.807) is 11.3 Å². The summed E-state index contributed by atoms with van der Waals surface area (Å²) in [7, 11) is 0. The van der Waals surface area contributed by atoms with Gasteiger partial charge < -0.3 is 4.90 Å². The van der Waals surface area contributed by atoms with E-state index in [4.69, 9.17) is 16.6 Å². The van der Waals surface area contributed by atoms with Gasteiger partial charge in [0.05, 0.1) is 5.69 Å². The summed E-state index contributed by atoms with van der Waals surface area (Å²) in [4.78, 5) is 9.91. The lowest BCUT2D eigenvalue weighted by molar-refractivity contribution is 0.231. The zero-order chi connectivity index (χ0) is 14.2. The summed E-state index contributed by atoms with van der Waals surface area (Å²) in [5, 5.41) is 4.08. The molecule has 0 aliphatic carbocycles. The third-order valence-electron chi connectivity index (χ3n) is 4.49. The van der Waals surface area contributed by atoms with Crippen molar-refractivity contribution in [2.45, 2.75) is 18.9 Å². The number of hydrogen-bond donors (Lipinski definition) is 0. The van der Waals surface area contributed by atoms with E-state index in [0.717, 1.165) is 40.5 Å². The van der Waals surface area contributed by atoms with Crippen LogP contribution < -0.4 is 4.90 Å². The van der Waals surface area contributed by atoms with Crippen molar-refractivity contribution in [3.05, 3.63) is 34.7 Å². The molecule has 0 amide bonds. The Hall–Kier alpha value is -1.10. The number of piperazine rings is 1. The molecule has 5 heteroatoms. The Bertz CT molecular complexity index is 625. The number of thiazole rings is 1. The number of aromatic nitrogens is 1. The van der Waals surface area contributed by atoms with Crippen LogP contribution in [0.2, 0.25) is 5.02 Å². The first-order valence-corrected chi connectivity index (χ1v) is 8.76. The van der Waals surface area contributed by atoms with Gasteiger partial charge in [-0.1, -0.05) is 23.7 Å². The van der Waals surface area contributed by atoms with E-state index in [1.807, 2.05) is 24.3 Å². The molecule has 0 spiro atoms. The van der Waals surface area contributed by atoms with Crippen LogP contribution in [-0.2, 0) is 0 Å². The topological polar surface area (TPSA) is 19.4 Å². The lowest BCUT2D eigenvalue weighted by atomic mass is 10.1. The predicted molar refractivity (Wildman–Crippen MR) is 89.4 cm³/mol. The van der Waals surface area contributed by atoms with Crippen molar-refractivity contribution in [2.24, 2.45) is 0 Å². The van der Waals surface area contributed by atoms with E-state index in [2.05, 4.69) is 15.2 Å².